The summed E-state index contributed by atoms with van der Waals surface area (Å²) in [5, 5.41) is 1.20. The Bertz CT molecular complexity index is 711. The van der Waals surface area contributed by atoms with Gasteiger partial charge in [-0.15, -0.1) is 0 Å². The molecule has 2 aromatic rings. The number of rotatable bonds is 4. The van der Waals surface area contributed by atoms with E-state index in [1.807, 2.05) is 30.2 Å². The van der Waals surface area contributed by atoms with Crippen LogP contribution in [0.5, 0.6) is 0 Å². The Morgan fingerprint density at radius 3 is 2.86 bits per heavy atom. The molecule has 3 heteroatoms. The Kier molecular flexibility index (Phi) is 3.58. The summed E-state index contributed by atoms with van der Waals surface area (Å²) in [5.74, 6) is 0.736. The van der Waals surface area contributed by atoms with Gasteiger partial charge >= 0.3 is 0 Å². The van der Waals surface area contributed by atoms with Crippen LogP contribution in [-0.4, -0.2) is 28.9 Å². The second kappa shape index (κ2) is 5.40. The van der Waals surface area contributed by atoms with Crippen LogP contribution in [-0.2, 0) is 4.79 Å². The van der Waals surface area contributed by atoms with Gasteiger partial charge in [0.05, 0.1) is 0 Å². The fourth-order valence-corrected chi connectivity index (χ4v) is 3.01. The molecule has 0 saturated carbocycles. The summed E-state index contributed by atoms with van der Waals surface area (Å²) in [6.07, 6.45) is 3.13. The number of nitrogens with one attached hydrogen (secondary N) is 1. The minimum absolute atomic E-state index is 0.190. The highest BCUT2D eigenvalue weighted by atomic mass is 16.2. The first-order chi connectivity index (χ1) is 10.1. The maximum Gasteiger partial charge on any atom is 0.250 e. The standard InChI is InChI=1S/C18H22N2O/c1-4-12(2)10-20-11-16(13(3)18(20)21)15-9-19-17-8-6-5-7-14(15)17/h5-9,12,19H,4,10-11H2,1-3H3/t12-/m1/s1. The summed E-state index contributed by atoms with van der Waals surface area (Å²) in [5.41, 5.74) is 4.35. The first-order valence-corrected chi connectivity index (χ1v) is 7.67. The van der Waals surface area contributed by atoms with Crippen LogP contribution in [0.25, 0.3) is 16.5 Å². The molecule has 3 rings (SSSR count). The van der Waals surface area contributed by atoms with Crippen molar-refractivity contribution in [3.05, 3.63) is 41.6 Å². The number of benzene rings is 1. The van der Waals surface area contributed by atoms with Gasteiger partial charge in [-0.2, -0.15) is 0 Å². The molecule has 110 valence electrons. The van der Waals surface area contributed by atoms with Crippen molar-refractivity contribution >= 4 is 22.4 Å². The summed E-state index contributed by atoms with van der Waals surface area (Å²) >= 11 is 0. The summed E-state index contributed by atoms with van der Waals surface area (Å²) in [6, 6.07) is 8.26. The largest absolute Gasteiger partial charge is 0.361 e. The number of nitrogens with zero attached hydrogens (tertiary/aromatic N) is 1. The van der Waals surface area contributed by atoms with Crippen molar-refractivity contribution in [2.75, 3.05) is 13.1 Å². The predicted octanol–water partition coefficient (Wildman–Crippen LogP) is 3.83. The number of hydrogen-bond donors (Lipinski definition) is 1. The van der Waals surface area contributed by atoms with E-state index in [9.17, 15) is 4.79 Å². The predicted molar refractivity (Wildman–Crippen MR) is 86.9 cm³/mol. The van der Waals surface area contributed by atoms with E-state index in [0.717, 1.165) is 30.6 Å². The van der Waals surface area contributed by atoms with E-state index in [1.165, 1.54) is 16.5 Å². The van der Waals surface area contributed by atoms with E-state index < -0.39 is 0 Å². The third-order valence-electron chi connectivity index (χ3n) is 4.55. The number of para-hydroxylation sites is 1. The van der Waals surface area contributed by atoms with Gasteiger partial charge in [0.15, 0.2) is 0 Å². The van der Waals surface area contributed by atoms with Crippen LogP contribution in [0.2, 0.25) is 0 Å². The van der Waals surface area contributed by atoms with E-state index in [-0.39, 0.29) is 5.91 Å². The average molecular weight is 282 g/mol. The maximum atomic E-state index is 12.5. The first-order valence-electron chi connectivity index (χ1n) is 7.67. The molecule has 0 aliphatic carbocycles. The van der Waals surface area contributed by atoms with Gasteiger partial charge in [-0.25, -0.2) is 0 Å². The van der Waals surface area contributed by atoms with Crippen LogP contribution in [0.15, 0.2) is 36.0 Å². The number of amides is 1. The number of carbonyl (C=O) groups is 1. The molecule has 0 saturated heterocycles. The SMILES string of the molecule is CC[C@@H](C)CN1CC(c2c[nH]c3ccccc23)=C(C)C1=O. The van der Waals surface area contributed by atoms with E-state index in [1.54, 1.807) is 0 Å². The van der Waals surface area contributed by atoms with Crippen molar-refractivity contribution in [3.63, 3.8) is 0 Å². The normalized spacial score (nSPS) is 17.1. The molecule has 0 fully saturated rings. The Morgan fingerprint density at radius 1 is 1.33 bits per heavy atom. The Hall–Kier alpha value is -2.03. The van der Waals surface area contributed by atoms with Crippen LogP contribution in [0.1, 0.15) is 32.8 Å². The lowest BCUT2D eigenvalue weighted by Gasteiger charge is -2.20. The molecule has 1 aromatic heterocycles. The lowest BCUT2D eigenvalue weighted by Crippen LogP contribution is -2.31. The zero-order chi connectivity index (χ0) is 15.0. The van der Waals surface area contributed by atoms with Crippen LogP contribution in [0.3, 0.4) is 0 Å². The highest BCUT2D eigenvalue weighted by Crippen LogP contribution is 2.32. The Labute approximate surface area is 125 Å². The first kappa shape index (κ1) is 13.9. The number of aromatic amines is 1. The quantitative estimate of drug-likeness (QED) is 0.909. The van der Waals surface area contributed by atoms with Crippen LogP contribution >= 0.6 is 0 Å². The molecule has 0 unspecified atom stereocenters. The molecule has 1 N–H and O–H groups in total. The summed E-state index contributed by atoms with van der Waals surface area (Å²) in [6.45, 7) is 7.91. The monoisotopic (exact) mass is 282 g/mol. The fraction of sp³-hybridized carbons (Fsp3) is 0.389. The number of hydrogen-bond acceptors (Lipinski definition) is 1. The van der Waals surface area contributed by atoms with Crippen molar-refractivity contribution in [1.82, 2.24) is 9.88 Å². The third kappa shape index (κ3) is 2.37. The smallest absolute Gasteiger partial charge is 0.250 e. The molecule has 0 bridgehead atoms. The zero-order valence-corrected chi connectivity index (χ0v) is 12.9. The molecule has 0 spiro atoms. The van der Waals surface area contributed by atoms with Gasteiger partial charge in [0.1, 0.15) is 0 Å². The van der Waals surface area contributed by atoms with E-state index >= 15 is 0 Å². The second-order valence-corrected chi connectivity index (χ2v) is 6.05. The minimum atomic E-state index is 0.190. The van der Waals surface area contributed by atoms with Crippen molar-refractivity contribution in [3.8, 4) is 0 Å². The maximum absolute atomic E-state index is 12.5. The molecule has 1 aromatic carbocycles. The molecule has 1 aliphatic heterocycles. The molecule has 1 atom stereocenters. The molecule has 2 heterocycles. The van der Waals surface area contributed by atoms with Crippen molar-refractivity contribution in [2.24, 2.45) is 5.92 Å². The Morgan fingerprint density at radius 2 is 2.10 bits per heavy atom. The van der Waals surface area contributed by atoms with E-state index in [2.05, 4.69) is 31.0 Å². The lowest BCUT2D eigenvalue weighted by molar-refractivity contribution is -0.125. The second-order valence-electron chi connectivity index (χ2n) is 6.05. The van der Waals surface area contributed by atoms with E-state index in [4.69, 9.17) is 0 Å². The summed E-state index contributed by atoms with van der Waals surface area (Å²) < 4.78 is 0. The van der Waals surface area contributed by atoms with Crippen LogP contribution in [0, 0.1) is 5.92 Å². The molecular formula is C18H22N2O. The van der Waals surface area contributed by atoms with Gasteiger partial charge in [-0.05, 0) is 24.5 Å². The molecule has 1 aliphatic rings. The third-order valence-corrected chi connectivity index (χ3v) is 4.55. The molecule has 0 radical (unpaired) electrons. The Balaban J connectivity index is 1.94. The number of carbonyl (C=O) groups excluding carboxylic acids is 1. The van der Waals surface area contributed by atoms with Gasteiger partial charge in [-0.3, -0.25) is 4.79 Å². The van der Waals surface area contributed by atoms with Crippen LogP contribution < -0.4 is 0 Å². The molecule has 3 nitrogen and oxygen atoms in total. The molecular weight excluding hydrogens is 260 g/mol. The zero-order valence-electron chi connectivity index (χ0n) is 12.9. The van der Waals surface area contributed by atoms with Crippen molar-refractivity contribution < 1.29 is 4.79 Å². The van der Waals surface area contributed by atoms with Gasteiger partial charge in [0.2, 0.25) is 5.91 Å². The minimum Gasteiger partial charge on any atom is -0.361 e. The highest BCUT2D eigenvalue weighted by molar-refractivity contribution is 6.08. The van der Waals surface area contributed by atoms with E-state index in [0.29, 0.717) is 5.92 Å². The van der Waals surface area contributed by atoms with Gasteiger partial charge in [-0.1, -0.05) is 38.5 Å². The average Bonchev–Trinajstić information content (AvgIpc) is 3.03. The van der Waals surface area contributed by atoms with Crippen molar-refractivity contribution in [1.29, 1.82) is 0 Å². The summed E-state index contributed by atoms with van der Waals surface area (Å²) in [4.78, 5) is 17.7. The number of fused-ring (bicyclic) bond motifs is 1. The lowest BCUT2D eigenvalue weighted by atomic mass is 10.0. The number of H-pyrrole nitrogens is 1. The topological polar surface area (TPSA) is 36.1 Å². The van der Waals surface area contributed by atoms with Crippen molar-refractivity contribution in [2.45, 2.75) is 27.2 Å². The van der Waals surface area contributed by atoms with Gasteiger partial charge in [0, 0.05) is 41.3 Å². The fourth-order valence-electron chi connectivity index (χ4n) is 3.01. The molecule has 21 heavy (non-hydrogen) atoms. The van der Waals surface area contributed by atoms with Crippen LogP contribution in [0.4, 0.5) is 0 Å². The summed E-state index contributed by atoms with van der Waals surface area (Å²) in [7, 11) is 0. The van der Waals surface area contributed by atoms with Gasteiger partial charge < -0.3 is 9.88 Å². The van der Waals surface area contributed by atoms with Gasteiger partial charge in [0.25, 0.3) is 0 Å². The number of aromatic nitrogens is 1. The highest BCUT2D eigenvalue weighted by Gasteiger charge is 2.29. The molecule has 1 amide bonds.